The molecule has 3 aromatic rings. The summed E-state index contributed by atoms with van der Waals surface area (Å²) in [7, 11) is 1.65. The van der Waals surface area contributed by atoms with E-state index in [2.05, 4.69) is 31.4 Å². The van der Waals surface area contributed by atoms with Crippen LogP contribution in [0.15, 0.2) is 57.4 Å². The molecule has 1 aromatic heterocycles. The highest BCUT2D eigenvalue weighted by molar-refractivity contribution is 9.10. The SMILES string of the molecule is COc1cccc(COc2ccc(Br)cc2C=NNc2nc(C)cs2)c1. The number of benzene rings is 2. The average Bonchev–Trinajstić information content (AvgIpc) is 3.06. The number of thiazole rings is 1. The van der Waals surface area contributed by atoms with Crippen LogP contribution in [-0.2, 0) is 6.61 Å². The van der Waals surface area contributed by atoms with Gasteiger partial charge >= 0.3 is 0 Å². The molecule has 7 heteroatoms. The number of nitrogens with one attached hydrogen (secondary N) is 1. The van der Waals surface area contributed by atoms with Crippen LogP contribution in [0.1, 0.15) is 16.8 Å². The lowest BCUT2D eigenvalue weighted by Crippen LogP contribution is -1.99. The summed E-state index contributed by atoms with van der Waals surface area (Å²) >= 11 is 5.00. The maximum absolute atomic E-state index is 5.98. The zero-order valence-corrected chi connectivity index (χ0v) is 16.8. The molecule has 0 unspecified atom stereocenters. The van der Waals surface area contributed by atoms with Crippen LogP contribution in [0, 0.1) is 6.92 Å². The van der Waals surface area contributed by atoms with E-state index in [0.29, 0.717) is 6.61 Å². The smallest absolute Gasteiger partial charge is 0.203 e. The fourth-order valence-corrected chi connectivity index (χ4v) is 3.25. The third-order valence-electron chi connectivity index (χ3n) is 3.48. The molecule has 0 saturated heterocycles. The van der Waals surface area contributed by atoms with E-state index in [1.54, 1.807) is 13.3 Å². The lowest BCUT2D eigenvalue weighted by molar-refractivity contribution is 0.304. The van der Waals surface area contributed by atoms with Crippen LogP contribution in [0.25, 0.3) is 0 Å². The van der Waals surface area contributed by atoms with Gasteiger partial charge in [-0.25, -0.2) is 4.98 Å². The molecule has 0 radical (unpaired) electrons. The number of hydrazone groups is 1. The van der Waals surface area contributed by atoms with Gasteiger partial charge in [-0.05, 0) is 42.8 Å². The number of hydrogen-bond acceptors (Lipinski definition) is 6. The summed E-state index contributed by atoms with van der Waals surface area (Å²) in [5.74, 6) is 1.56. The van der Waals surface area contributed by atoms with E-state index in [0.717, 1.165) is 37.9 Å². The van der Waals surface area contributed by atoms with E-state index in [9.17, 15) is 0 Å². The molecule has 3 rings (SSSR count). The third kappa shape index (κ3) is 5.06. The molecular formula is C19H18BrN3O2S. The summed E-state index contributed by atoms with van der Waals surface area (Å²) in [4.78, 5) is 4.32. The van der Waals surface area contributed by atoms with E-state index >= 15 is 0 Å². The normalized spacial score (nSPS) is 10.9. The van der Waals surface area contributed by atoms with Crippen molar-refractivity contribution < 1.29 is 9.47 Å². The molecular weight excluding hydrogens is 414 g/mol. The highest BCUT2D eigenvalue weighted by atomic mass is 79.9. The van der Waals surface area contributed by atoms with Crippen molar-refractivity contribution >= 4 is 38.6 Å². The Morgan fingerprint density at radius 3 is 2.92 bits per heavy atom. The Balaban J connectivity index is 1.70. The van der Waals surface area contributed by atoms with Crippen LogP contribution < -0.4 is 14.9 Å². The molecule has 2 aromatic carbocycles. The number of nitrogens with zero attached hydrogens (tertiary/aromatic N) is 2. The number of anilines is 1. The highest BCUT2D eigenvalue weighted by Gasteiger charge is 2.05. The Morgan fingerprint density at radius 2 is 2.15 bits per heavy atom. The molecule has 0 spiro atoms. The first kappa shape index (κ1) is 18.4. The number of aromatic nitrogens is 1. The van der Waals surface area contributed by atoms with Gasteiger partial charge in [-0.3, -0.25) is 5.43 Å². The third-order valence-corrected chi connectivity index (χ3v) is 4.84. The first-order chi connectivity index (χ1) is 12.6. The molecule has 0 saturated carbocycles. The molecule has 0 aliphatic rings. The molecule has 0 aliphatic heterocycles. The predicted molar refractivity (Wildman–Crippen MR) is 110 cm³/mol. The predicted octanol–water partition coefficient (Wildman–Crippen LogP) is 5.25. The zero-order chi connectivity index (χ0) is 18.4. The monoisotopic (exact) mass is 431 g/mol. The number of aryl methyl sites for hydroxylation is 1. The summed E-state index contributed by atoms with van der Waals surface area (Å²) in [6.45, 7) is 2.39. The summed E-state index contributed by atoms with van der Waals surface area (Å²) in [6, 6.07) is 13.6. The minimum absolute atomic E-state index is 0.443. The largest absolute Gasteiger partial charge is 0.497 e. The lowest BCUT2D eigenvalue weighted by Gasteiger charge is -2.10. The van der Waals surface area contributed by atoms with Crippen LogP contribution in [-0.4, -0.2) is 18.3 Å². The first-order valence-electron chi connectivity index (χ1n) is 7.90. The lowest BCUT2D eigenvalue weighted by atomic mass is 10.2. The molecule has 134 valence electrons. The molecule has 26 heavy (non-hydrogen) atoms. The quantitative estimate of drug-likeness (QED) is 0.410. The van der Waals surface area contributed by atoms with E-state index in [1.807, 2.05) is 54.8 Å². The second kappa shape index (κ2) is 8.82. The Hall–Kier alpha value is -2.38. The van der Waals surface area contributed by atoms with Crippen molar-refractivity contribution in [3.63, 3.8) is 0 Å². The van der Waals surface area contributed by atoms with Gasteiger partial charge in [0.1, 0.15) is 18.1 Å². The van der Waals surface area contributed by atoms with Crippen molar-refractivity contribution in [3.05, 3.63) is 69.1 Å². The fourth-order valence-electron chi connectivity index (χ4n) is 2.24. The number of halogens is 1. The van der Waals surface area contributed by atoms with Crippen molar-refractivity contribution in [2.75, 3.05) is 12.5 Å². The maximum atomic E-state index is 5.98. The van der Waals surface area contributed by atoms with E-state index in [-0.39, 0.29) is 0 Å². The molecule has 1 N–H and O–H groups in total. The number of ether oxygens (including phenoxy) is 2. The second-order valence-corrected chi connectivity index (χ2v) is 7.26. The summed E-state index contributed by atoms with van der Waals surface area (Å²) in [5, 5.41) is 6.99. The summed E-state index contributed by atoms with van der Waals surface area (Å²) < 4.78 is 12.2. The van der Waals surface area contributed by atoms with Gasteiger partial charge in [0.05, 0.1) is 19.0 Å². The van der Waals surface area contributed by atoms with Crippen LogP contribution in [0.2, 0.25) is 0 Å². The molecule has 0 fully saturated rings. The van der Waals surface area contributed by atoms with Crippen molar-refractivity contribution in [1.82, 2.24) is 4.98 Å². The van der Waals surface area contributed by atoms with Gasteiger partial charge in [0, 0.05) is 15.4 Å². The Labute approximate surface area is 164 Å². The first-order valence-corrected chi connectivity index (χ1v) is 9.58. The summed E-state index contributed by atoms with van der Waals surface area (Å²) in [6.07, 6.45) is 1.72. The van der Waals surface area contributed by atoms with E-state index < -0.39 is 0 Å². The second-order valence-electron chi connectivity index (χ2n) is 5.49. The van der Waals surface area contributed by atoms with Crippen molar-refractivity contribution in [2.45, 2.75) is 13.5 Å². The van der Waals surface area contributed by atoms with Crippen molar-refractivity contribution in [1.29, 1.82) is 0 Å². The fraction of sp³-hybridized carbons (Fsp3) is 0.158. The molecule has 0 atom stereocenters. The van der Waals surface area contributed by atoms with Gasteiger partial charge in [0.2, 0.25) is 5.13 Å². The van der Waals surface area contributed by atoms with Gasteiger partial charge < -0.3 is 9.47 Å². The average molecular weight is 432 g/mol. The number of hydrogen-bond donors (Lipinski definition) is 1. The summed E-state index contributed by atoms with van der Waals surface area (Å²) in [5.41, 5.74) is 5.81. The van der Waals surface area contributed by atoms with Crippen LogP contribution in [0.5, 0.6) is 11.5 Å². The van der Waals surface area contributed by atoms with Gasteiger partial charge in [0.25, 0.3) is 0 Å². The maximum Gasteiger partial charge on any atom is 0.203 e. The molecule has 1 heterocycles. The Morgan fingerprint density at radius 1 is 1.27 bits per heavy atom. The Bertz CT molecular complexity index is 911. The Kier molecular flexibility index (Phi) is 6.25. The van der Waals surface area contributed by atoms with Crippen molar-refractivity contribution in [3.8, 4) is 11.5 Å². The standard InChI is InChI=1S/C19H18BrN3O2S/c1-13-12-26-19(22-13)23-21-10-15-9-16(20)6-7-18(15)25-11-14-4-3-5-17(8-14)24-2/h3-10,12H,11H2,1-2H3,(H,22,23). The highest BCUT2D eigenvalue weighted by Crippen LogP contribution is 2.24. The van der Waals surface area contributed by atoms with E-state index in [1.165, 1.54) is 11.3 Å². The molecule has 0 bridgehead atoms. The number of methoxy groups -OCH3 is 1. The van der Waals surface area contributed by atoms with Gasteiger partial charge in [0.15, 0.2) is 0 Å². The zero-order valence-electron chi connectivity index (χ0n) is 14.4. The molecule has 0 amide bonds. The van der Waals surface area contributed by atoms with Crippen LogP contribution in [0.3, 0.4) is 0 Å². The minimum Gasteiger partial charge on any atom is -0.497 e. The van der Waals surface area contributed by atoms with E-state index in [4.69, 9.17) is 9.47 Å². The van der Waals surface area contributed by atoms with Gasteiger partial charge in [-0.1, -0.05) is 28.1 Å². The van der Waals surface area contributed by atoms with Gasteiger partial charge in [-0.2, -0.15) is 5.10 Å². The topological polar surface area (TPSA) is 55.7 Å². The van der Waals surface area contributed by atoms with Gasteiger partial charge in [-0.15, -0.1) is 11.3 Å². The van der Waals surface area contributed by atoms with Crippen molar-refractivity contribution in [2.24, 2.45) is 5.10 Å². The minimum atomic E-state index is 0.443. The molecule has 5 nitrogen and oxygen atoms in total. The van der Waals surface area contributed by atoms with Crippen LogP contribution in [0.4, 0.5) is 5.13 Å². The molecule has 0 aliphatic carbocycles. The number of rotatable bonds is 7. The van der Waals surface area contributed by atoms with Crippen LogP contribution >= 0.6 is 27.3 Å².